The Kier molecular flexibility index (Phi) is 3.41. The second-order valence-electron chi connectivity index (χ2n) is 4.73. The van der Waals surface area contributed by atoms with Crippen molar-refractivity contribution in [2.45, 2.75) is 19.0 Å². The molecule has 18 heavy (non-hydrogen) atoms. The van der Waals surface area contributed by atoms with Gasteiger partial charge in [0.25, 0.3) is 0 Å². The molecule has 0 radical (unpaired) electrons. The van der Waals surface area contributed by atoms with Gasteiger partial charge >= 0.3 is 0 Å². The lowest BCUT2D eigenvalue weighted by molar-refractivity contribution is 0.599. The van der Waals surface area contributed by atoms with E-state index in [2.05, 4.69) is 56.5 Å². The molecule has 0 saturated heterocycles. The van der Waals surface area contributed by atoms with E-state index in [9.17, 15) is 0 Å². The van der Waals surface area contributed by atoms with E-state index in [1.807, 2.05) is 0 Å². The first-order valence-electron chi connectivity index (χ1n) is 6.04. The highest BCUT2D eigenvalue weighted by Gasteiger charge is 2.21. The third-order valence-electron chi connectivity index (χ3n) is 3.26. The van der Waals surface area contributed by atoms with Gasteiger partial charge in [0.05, 0.1) is 3.79 Å². The Bertz CT molecular complexity index is 552. The minimum atomic E-state index is 0.238. The quantitative estimate of drug-likeness (QED) is 0.918. The van der Waals surface area contributed by atoms with E-state index >= 15 is 0 Å². The number of nitrogens with two attached hydrogens (primary N) is 1. The predicted octanol–water partition coefficient (Wildman–Crippen LogP) is 3.40. The summed E-state index contributed by atoms with van der Waals surface area (Å²) in [5.41, 5.74) is 10.2. The van der Waals surface area contributed by atoms with Gasteiger partial charge in [-0.05, 0) is 51.0 Å². The molecule has 1 atom stereocenters. The van der Waals surface area contributed by atoms with Crippen LogP contribution >= 0.6 is 27.3 Å². The summed E-state index contributed by atoms with van der Waals surface area (Å²) < 4.78 is 1.19. The third-order valence-corrected chi connectivity index (χ3v) is 4.82. The Morgan fingerprint density at radius 1 is 1.39 bits per heavy atom. The Labute approximate surface area is 120 Å². The predicted molar refractivity (Wildman–Crippen MR) is 81.2 cm³/mol. The fraction of sp³-hybridized carbons (Fsp3) is 0.286. The number of fused-ring (bicyclic) bond motifs is 1. The molecule has 1 aliphatic rings. The van der Waals surface area contributed by atoms with Gasteiger partial charge in [-0.15, -0.1) is 11.3 Å². The van der Waals surface area contributed by atoms with Gasteiger partial charge in [0, 0.05) is 24.8 Å². The molecule has 2 aromatic rings. The van der Waals surface area contributed by atoms with Crippen LogP contribution in [0.5, 0.6) is 0 Å². The van der Waals surface area contributed by atoms with Crippen LogP contribution in [-0.2, 0) is 13.0 Å². The third kappa shape index (κ3) is 2.46. The average molecular weight is 323 g/mol. The lowest BCUT2D eigenvalue weighted by atomic mass is 9.98. The molecule has 0 saturated carbocycles. The standard InChI is InChI=1S/C14H15BrN2S/c15-14-5-10(9-18-14)7-17-8-12(16)6-11-3-1-2-4-13(11)17/h1-5,9,12H,6-8,16H2. The molecule has 0 bridgehead atoms. The Morgan fingerprint density at radius 2 is 2.22 bits per heavy atom. The zero-order valence-electron chi connectivity index (χ0n) is 9.97. The van der Waals surface area contributed by atoms with Crippen LogP contribution in [-0.4, -0.2) is 12.6 Å². The normalized spacial score (nSPS) is 18.8. The molecule has 1 unspecified atom stereocenters. The molecule has 94 valence electrons. The SMILES string of the molecule is NC1Cc2ccccc2N(Cc2csc(Br)c2)C1. The van der Waals surface area contributed by atoms with Crippen molar-refractivity contribution in [1.82, 2.24) is 0 Å². The molecule has 0 fully saturated rings. The Balaban J connectivity index is 1.88. The highest BCUT2D eigenvalue weighted by atomic mass is 79.9. The number of hydrogen-bond acceptors (Lipinski definition) is 3. The largest absolute Gasteiger partial charge is 0.365 e. The maximum Gasteiger partial charge on any atom is 0.0701 e. The lowest BCUT2D eigenvalue weighted by Crippen LogP contribution is -2.42. The first-order chi connectivity index (χ1) is 8.72. The second kappa shape index (κ2) is 5.03. The molecule has 0 amide bonds. The van der Waals surface area contributed by atoms with E-state index in [1.54, 1.807) is 11.3 Å². The van der Waals surface area contributed by atoms with Crippen LogP contribution in [0.4, 0.5) is 5.69 Å². The van der Waals surface area contributed by atoms with Gasteiger partial charge in [0.1, 0.15) is 0 Å². The summed E-state index contributed by atoms with van der Waals surface area (Å²) in [6.07, 6.45) is 0.986. The van der Waals surface area contributed by atoms with Crippen LogP contribution in [0.25, 0.3) is 0 Å². The van der Waals surface area contributed by atoms with Crippen molar-refractivity contribution in [2.75, 3.05) is 11.4 Å². The maximum atomic E-state index is 6.15. The minimum absolute atomic E-state index is 0.238. The zero-order valence-corrected chi connectivity index (χ0v) is 12.4. The summed E-state index contributed by atoms with van der Waals surface area (Å²) in [7, 11) is 0. The average Bonchev–Trinajstić information content (AvgIpc) is 2.74. The fourth-order valence-corrected chi connectivity index (χ4v) is 3.72. The highest BCUT2D eigenvalue weighted by Crippen LogP contribution is 2.29. The number of benzene rings is 1. The maximum absolute atomic E-state index is 6.15. The van der Waals surface area contributed by atoms with Gasteiger partial charge in [-0.3, -0.25) is 0 Å². The molecule has 4 heteroatoms. The Morgan fingerprint density at radius 3 is 3.00 bits per heavy atom. The summed E-state index contributed by atoms with van der Waals surface area (Å²) in [4.78, 5) is 2.39. The van der Waals surface area contributed by atoms with Crippen LogP contribution in [0.3, 0.4) is 0 Å². The van der Waals surface area contributed by atoms with Crippen LogP contribution in [0.2, 0.25) is 0 Å². The van der Waals surface area contributed by atoms with E-state index in [-0.39, 0.29) is 6.04 Å². The topological polar surface area (TPSA) is 29.3 Å². The first kappa shape index (κ1) is 12.2. The van der Waals surface area contributed by atoms with Crippen LogP contribution < -0.4 is 10.6 Å². The van der Waals surface area contributed by atoms with Crippen molar-refractivity contribution in [3.63, 3.8) is 0 Å². The Hall–Kier alpha value is -0.840. The number of thiophene rings is 1. The van der Waals surface area contributed by atoms with Crippen LogP contribution in [0.1, 0.15) is 11.1 Å². The number of halogens is 1. The van der Waals surface area contributed by atoms with Crippen molar-refractivity contribution >= 4 is 33.0 Å². The van der Waals surface area contributed by atoms with Gasteiger partial charge in [0.2, 0.25) is 0 Å². The van der Waals surface area contributed by atoms with Gasteiger partial charge in [-0.1, -0.05) is 18.2 Å². The molecule has 0 spiro atoms. The summed E-state index contributed by atoms with van der Waals surface area (Å²) in [5, 5.41) is 2.20. The molecule has 1 aliphatic heterocycles. The van der Waals surface area contributed by atoms with E-state index in [1.165, 1.54) is 20.6 Å². The molecular weight excluding hydrogens is 308 g/mol. The van der Waals surface area contributed by atoms with Crippen molar-refractivity contribution < 1.29 is 0 Å². The lowest BCUT2D eigenvalue weighted by Gasteiger charge is -2.34. The smallest absolute Gasteiger partial charge is 0.0701 e. The van der Waals surface area contributed by atoms with Crippen molar-refractivity contribution in [3.05, 3.63) is 50.6 Å². The number of nitrogens with zero attached hydrogens (tertiary/aromatic N) is 1. The van der Waals surface area contributed by atoms with E-state index < -0.39 is 0 Å². The number of rotatable bonds is 2. The van der Waals surface area contributed by atoms with Gasteiger partial charge < -0.3 is 10.6 Å². The van der Waals surface area contributed by atoms with Crippen LogP contribution in [0, 0.1) is 0 Å². The molecule has 1 aromatic carbocycles. The van der Waals surface area contributed by atoms with Crippen molar-refractivity contribution in [2.24, 2.45) is 5.73 Å². The molecule has 2 heterocycles. The summed E-state index contributed by atoms with van der Waals surface area (Å²) >= 11 is 5.25. The molecule has 3 rings (SSSR count). The zero-order chi connectivity index (χ0) is 12.5. The summed E-state index contributed by atoms with van der Waals surface area (Å²) in [6, 6.07) is 11.0. The number of para-hydroxylation sites is 1. The second-order valence-corrected chi connectivity index (χ2v) is 7.02. The van der Waals surface area contributed by atoms with E-state index in [0.29, 0.717) is 0 Å². The van der Waals surface area contributed by atoms with E-state index in [4.69, 9.17) is 5.73 Å². The molecular formula is C14H15BrN2S. The monoisotopic (exact) mass is 322 g/mol. The highest BCUT2D eigenvalue weighted by molar-refractivity contribution is 9.11. The summed E-state index contributed by atoms with van der Waals surface area (Å²) in [6.45, 7) is 1.87. The van der Waals surface area contributed by atoms with Gasteiger partial charge in [0.15, 0.2) is 0 Å². The van der Waals surface area contributed by atoms with Gasteiger partial charge in [-0.25, -0.2) is 0 Å². The first-order valence-corrected chi connectivity index (χ1v) is 7.71. The molecule has 1 aromatic heterocycles. The molecule has 0 aliphatic carbocycles. The summed E-state index contributed by atoms with van der Waals surface area (Å²) in [5.74, 6) is 0. The number of hydrogen-bond donors (Lipinski definition) is 1. The van der Waals surface area contributed by atoms with Crippen molar-refractivity contribution in [1.29, 1.82) is 0 Å². The number of anilines is 1. The van der Waals surface area contributed by atoms with Crippen LogP contribution in [0.15, 0.2) is 39.5 Å². The molecule has 2 nitrogen and oxygen atoms in total. The fourth-order valence-electron chi connectivity index (χ4n) is 2.52. The minimum Gasteiger partial charge on any atom is -0.365 e. The van der Waals surface area contributed by atoms with E-state index in [0.717, 1.165) is 19.5 Å². The van der Waals surface area contributed by atoms with Gasteiger partial charge in [-0.2, -0.15) is 0 Å². The van der Waals surface area contributed by atoms with Crippen molar-refractivity contribution in [3.8, 4) is 0 Å². The molecule has 2 N–H and O–H groups in total.